The average molecular weight is 310 g/mol. The van der Waals surface area contributed by atoms with E-state index in [1.54, 1.807) is 16.4 Å². The molecule has 0 amide bonds. The minimum atomic E-state index is -3.40. The van der Waals surface area contributed by atoms with Gasteiger partial charge in [-0.1, -0.05) is 24.6 Å². The molecule has 1 fully saturated rings. The lowest BCUT2D eigenvalue weighted by atomic mass is 9.92. The standard InChI is InChI=1S/C16H26N2O2S/c1-3-12-18(15-8-6-14(17)7-9-15)21(19,20)16-10-4-13(2)5-11-16/h4-5,10-11,14-15H,3,6-9,12,17H2,1-2H3. The summed E-state index contributed by atoms with van der Waals surface area (Å²) in [5.41, 5.74) is 7.01. The molecular weight excluding hydrogens is 284 g/mol. The van der Waals surface area contributed by atoms with Gasteiger partial charge in [0.2, 0.25) is 10.0 Å². The second-order valence-electron chi connectivity index (χ2n) is 6.00. The van der Waals surface area contributed by atoms with Gasteiger partial charge in [-0.05, 0) is 51.2 Å². The van der Waals surface area contributed by atoms with Gasteiger partial charge in [0.25, 0.3) is 0 Å². The third-order valence-corrected chi connectivity index (χ3v) is 6.19. The summed E-state index contributed by atoms with van der Waals surface area (Å²) >= 11 is 0. The van der Waals surface area contributed by atoms with E-state index in [0.717, 1.165) is 37.7 Å². The molecule has 21 heavy (non-hydrogen) atoms. The van der Waals surface area contributed by atoms with Gasteiger partial charge >= 0.3 is 0 Å². The van der Waals surface area contributed by atoms with E-state index < -0.39 is 10.0 Å². The van der Waals surface area contributed by atoms with E-state index >= 15 is 0 Å². The van der Waals surface area contributed by atoms with E-state index in [2.05, 4.69) is 0 Å². The van der Waals surface area contributed by atoms with E-state index in [9.17, 15) is 8.42 Å². The zero-order valence-corrected chi connectivity index (χ0v) is 13.8. The van der Waals surface area contributed by atoms with Crippen molar-refractivity contribution in [1.29, 1.82) is 0 Å². The maximum atomic E-state index is 12.9. The van der Waals surface area contributed by atoms with Crippen LogP contribution >= 0.6 is 0 Å². The Kier molecular flexibility index (Phi) is 5.41. The van der Waals surface area contributed by atoms with Gasteiger partial charge in [-0.15, -0.1) is 0 Å². The molecule has 1 aliphatic carbocycles. The summed E-state index contributed by atoms with van der Waals surface area (Å²) in [6.07, 6.45) is 4.38. The molecule has 0 atom stereocenters. The summed E-state index contributed by atoms with van der Waals surface area (Å²) in [6.45, 7) is 4.56. The summed E-state index contributed by atoms with van der Waals surface area (Å²) in [5.74, 6) is 0. The van der Waals surface area contributed by atoms with E-state index in [1.165, 1.54) is 0 Å². The fraction of sp³-hybridized carbons (Fsp3) is 0.625. The Morgan fingerprint density at radius 1 is 1.14 bits per heavy atom. The zero-order valence-electron chi connectivity index (χ0n) is 13.0. The molecular formula is C16H26N2O2S. The van der Waals surface area contributed by atoms with Gasteiger partial charge in [0.1, 0.15) is 0 Å². The fourth-order valence-corrected chi connectivity index (χ4v) is 4.73. The van der Waals surface area contributed by atoms with E-state index in [4.69, 9.17) is 5.73 Å². The first kappa shape index (κ1) is 16.5. The quantitative estimate of drug-likeness (QED) is 0.909. The first-order valence-electron chi connectivity index (χ1n) is 7.79. The van der Waals surface area contributed by atoms with Crippen molar-refractivity contribution in [2.24, 2.45) is 5.73 Å². The number of rotatable bonds is 5. The smallest absolute Gasteiger partial charge is 0.243 e. The second kappa shape index (κ2) is 6.90. The van der Waals surface area contributed by atoms with Crippen LogP contribution in [0.3, 0.4) is 0 Å². The van der Waals surface area contributed by atoms with Crippen LogP contribution in [-0.2, 0) is 10.0 Å². The summed E-state index contributed by atoms with van der Waals surface area (Å²) in [5, 5.41) is 0. The Morgan fingerprint density at radius 3 is 2.24 bits per heavy atom. The second-order valence-corrected chi connectivity index (χ2v) is 7.89. The molecule has 118 valence electrons. The predicted octanol–water partition coefficient (Wildman–Crippen LogP) is 2.67. The molecule has 0 aromatic heterocycles. The van der Waals surface area contributed by atoms with Crippen molar-refractivity contribution in [1.82, 2.24) is 4.31 Å². The maximum Gasteiger partial charge on any atom is 0.243 e. The number of benzene rings is 1. The van der Waals surface area contributed by atoms with E-state index in [0.29, 0.717) is 11.4 Å². The zero-order chi connectivity index (χ0) is 15.5. The molecule has 0 radical (unpaired) electrons. The third-order valence-electron chi connectivity index (χ3n) is 4.22. The molecule has 4 nitrogen and oxygen atoms in total. The molecule has 1 saturated carbocycles. The molecule has 0 saturated heterocycles. The summed E-state index contributed by atoms with van der Waals surface area (Å²) < 4.78 is 27.5. The normalized spacial score (nSPS) is 23.4. The molecule has 1 aromatic carbocycles. The summed E-state index contributed by atoms with van der Waals surface area (Å²) in [4.78, 5) is 0.399. The van der Waals surface area contributed by atoms with E-state index in [-0.39, 0.29) is 12.1 Å². The highest BCUT2D eigenvalue weighted by Crippen LogP contribution is 2.27. The van der Waals surface area contributed by atoms with Crippen molar-refractivity contribution >= 4 is 10.0 Å². The van der Waals surface area contributed by atoms with Crippen molar-refractivity contribution in [2.45, 2.75) is 62.9 Å². The molecule has 1 aliphatic rings. The molecule has 0 bridgehead atoms. The van der Waals surface area contributed by atoms with Crippen LogP contribution in [0.2, 0.25) is 0 Å². The molecule has 0 aliphatic heterocycles. The van der Waals surface area contributed by atoms with Crippen molar-refractivity contribution < 1.29 is 8.42 Å². The number of sulfonamides is 1. The van der Waals surface area contributed by atoms with Crippen LogP contribution in [-0.4, -0.2) is 31.4 Å². The van der Waals surface area contributed by atoms with Crippen LogP contribution in [0.15, 0.2) is 29.2 Å². The largest absolute Gasteiger partial charge is 0.328 e. The fourth-order valence-electron chi connectivity index (χ4n) is 2.95. The minimum absolute atomic E-state index is 0.0936. The Balaban J connectivity index is 2.25. The molecule has 2 N–H and O–H groups in total. The van der Waals surface area contributed by atoms with Crippen molar-refractivity contribution in [3.05, 3.63) is 29.8 Å². The van der Waals surface area contributed by atoms with Gasteiger partial charge < -0.3 is 5.73 Å². The highest BCUT2D eigenvalue weighted by atomic mass is 32.2. The Morgan fingerprint density at radius 2 is 1.71 bits per heavy atom. The van der Waals surface area contributed by atoms with Gasteiger partial charge in [0.15, 0.2) is 0 Å². The number of nitrogens with zero attached hydrogens (tertiary/aromatic N) is 1. The average Bonchev–Trinajstić information content (AvgIpc) is 2.46. The lowest BCUT2D eigenvalue weighted by Gasteiger charge is -2.35. The van der Waals surface area contributed by atoms with Crippen molar-refractivity contribution in [2.75, 3.05) is 6.54 Å². The molecule has 0 unspecified atom stereocenters. The Bertz CT molecular complexity index is 546. The molecule has 5 heteroatoms. The first-order valence-corrected chi connectivity index (χ1v) is 9.23. The molecule has 1 aromatic rings. The van der Waals surface area contributed by atoms with Crippen LogP contribution < -0.4 is 5.73 Å². The molecule has 0 spiro atoms. The van der Waals surface area contributed by atoms with Crippen LogP contribution in [0.5, 0.6) is 0 Å². The SMILES string of the molecule is CCCN(C1CCC(N)CC1)S(=O)(=O)c1ccc(C)cc1. The number of hydrogen-bond donors (Lipinski definition) is 1. The van der Waals surface area contributed by atoms with Gasteiger partial charge in [0, 0.05) is 18.6 Å². The van der Waals surface area contributed by atoms with E-state index in [1.807, 2.05) is 26.0 Å². The Hall–Kier alpha value is -0.910. The Labute approximate surface area is 128 Å². The monoisotopic (exact) mass is 310 g/mol. The maximum absolute atomic E-state index is 12.9. The van der Waals surface area contributed by atoms with Gasteiger partial charge in [-0.25, -0.2) is 8.42 Å². The van der Waals surface area contributed by atoms with Crippen molar-refractivity contribution in [3.8, 4) is 0 Å². The van der Waals surface area contributed by atoms with Crippen molar-refractivity contribution in [3.63, 3.8) is 0 Å². The van der Waals surface area contributed by atoms with Crippen LogP contribution in [0.1, 0.15) is 44.6 Å². The highest BCUT2D eigenvalue weighted by molar-refractivity contribution is 7.89. The molecule has 2 rings (SSSR count). The van der Waals surface area contributed by atoms with Crippen LogP contribution in [0.25, 0.3) is 0 Å². The van der Waals surface area contributed by atoms with Crippen LogP contribution in [0, 0.1) is 6.92 Å². The first-order chi connectivity index (χ1) is 9.95. The van der Waals surface area contributed by atoms with Gasteiger partial charge in [-0.3, -0.25) is 0 Å². The molecule has 0 heterocycles. The van der Waals surface area contributed by atoms with Gasteiger partial charge in [-0.2, -0.15) is 4.31 Å². The lowest BCUT2D eigenvalue weighted by molar-refractivity contribution is 0.240. The lowest BCUT2D eigenvalue weighted by Crippen LogP contribution is -2.44. The van der Waals surface area contributed by atoms with Gasteiger partial charge in [0.05, 0.1) is 4.90 Å². The highest BCUT2D eigenvalue weighted by Gasteiger charge is 2.32. The topological polar surface area (TPSA) is 63.4 Å². The van der Waals surface area contributed by atoms with Crippen LogP contribution in [0.4, 0.5) is 0 Å². The number of hydrogen-bond acceptors (Lipinski definition) is 3. The predicted molar refractivity (Wildman–Crippen MR) is 85.6 cm³/mol. The minimum Gasteiger partial charge on any atom is -0.328 e. The third kappa shape index (κ3) is 3.84. The number of aryl methyl sites for hydroxylation is 1. The number of nitrogens with two attached hydrogens (primary N) is 1. The summed E-state index contributed by atoms with van der Waals surface area (Å²) in [7, 11) is -3.40. The summed E-state index contributed by atoms with van der Waals surface area (Å²) in [6, 6.07) is 7.45.